The summed E-state index contributed by atoms with van der Waals surface area (Å²) in [6, 6.07) is 6.22. The molecule has 0 heterocycles. The molecule has 0 spiro atoms. The third kappa shape index (κ3) is 3.15. The Morgan fingerprint density at radius 3 is 2.94 bits per heavy atom. The Labute approximate surface area is 105 Å². The van der Waals surface area contributed by atoms with Gasteiger partial charge in [-0.1, -0.05) is 32.3 Å². The van der Waals surface area contributed by atoms with Crippen molar-refractivity contribution in [3.8, 4) is 0 Å². The summed E-state index contributed by atoms with van der Waals surface area (Å²) in [6.45, 7) is 2.19. The maximum absolute atomic E-state index is 13.1. The molecule has 1 aliphatic carbocycles. The molecule has 3 unspecified atom stereocenters. The largest absolute Gasteiger partial charge is 0.254 e. The number of hydrogen-bond donors (Lipinski definition) is 0. The summed E-state index contributed by atoms with van der Waals surface area (Å²) in [4.78, 5) is 0.645. The topological polar surface area (TPSA) is 17.1 Å². The van der Waals surface area contributed by atoms with Crippen LogP contribution >= 0.6 is 0 Å². The smallest absolute Gasteiger partial charge is 0.124 e. The van der Waals surface area contributed by atoms with Crippen LogP contribution in [0.5, 0.6) is 0 Å². The Bertz CT molecular complexity index is 405. The van der Waals surface area contributed by atoms with Gasteiger partial charge in [-0.3, -0.25) is 4.21 Å². The van der Waals surface area contributed by atoms with Crippen molar-refractivity contribution in [3.05, 3.63) is 30.1 Å². The zero-order valence-corrected chi connectivity index (χ0v) is 11.0. The van der Waals surface area contributed by atoms with Gasteiger partial charge in [-0.15, -0.1) is 0 Å². The molecule has 1 fully saturated rings. The molecule has 0 radical (unpaired) electrons. The van der Waals surface area contributed by atoms with Crippen LogP contribution in [0.1, 0.15) is 39.0 Å². The molecule has 3 heteroatoms. The van der Waals surface area contributed by atoms with Gasteiger partial charge in [0, 0.05) is 10.1 Å². The molecule has 0 aliphatic heterocycles. The molecule has 2 rings (SSSR count). The van der Waals surface area contributed by atoms with Gasteiger partial charge in [0.15, 0.2) is 0 Å². The lowest BCUT2D eigenvalue weighted by molar-refractivity contribution is 0.353. The minimum absolute atomic E-state index is 0.218. The highest BCUT2D eigenvalue weighted by atomic mass is 32.2. The van der Waals surface area contributed by atoms with E-state index < -0.39 is 10.8 Å². The van der Waals surface area contributed by atoms with Crippen molar-refractivity contribution in [2.75, 3.05) is 0 Å². The third-order valence-corrected chi connectivity index (χ3v) is 5.40. The zero-order chi connectivity index (χ0) is 12.3. The van der Waals surface area contributed by atoms with Crippen LogP contribution in [0.15, 0.2) is 29.2 Å². The van der Waals surface area contributed by atoms with Gasteiger partial charge >= 0.3 is 0 Å². The summed E-state index contributed by atoms with van der Waals surface area (Å²) in [7, 11) is -1.04. The highest BCUT2D eigenvalue weighted by Gasteiger charge is 2.26. The van der Waals surface area contributed by atoms with E-state index in [1.807, 2.05) is 0 Å². The van der Waals surface area contributed by atoms with E-state index in [0.29, 0.717) is 10.8 Å². The van der Waals surface area contributed by atoms with E-state index in [-0.39, 0.29) is 11.1 Å². The van der Waals surface area contributed by atoms with Crippen molar-refractivity contribution in [3.63, 3.8) is 0 Å². The van der Waals surface area contributed by atoms with Crippen molar-refractivity contribution < 1.29 is 8.60 Å². The summed E-state index contributed by atoms with van der Waals surface area (Å²) in [6.07, 6.45) is 5.62. The van der Waals surface area contributed by atoms with E-state index in [2.05, 4.69) is 6.92 Å². The molecule has 1 aromatic carbocycles. The van der Waals surface area contributed by atoms with Crippen molar-refractivity contribution >= 4 is 10.8 Å². The summed E-state index contributed by atoms with van der Waals surface area (Å²) in [5, 5.41) is 0.218. The first-order chi connectivity index (χ1) is 8.20. The van der Waals surface area contributed by atoms with Crippen molar-refractivity contribution in [1.82, 2.24) is 0 Å². The predicted octanol–water partition coefficient (Wildman–Crippen LogP) is 3.90. The molecular weight excluding hydrogens is 235 g/mol. The van der Waals surface area contributed by atoms with Gasteiger partial charge in [0.1, 0.15) is 5.82 Å². The van der Waals surface area contributed by atoms with Crippen LogP contribution in [0.25, 0.3) is 0 Å². The van der Waals surface area contributed by atoms with E-state index in [9.17, 15) is 8.60 Å². The quantitative estimate of drug-likeness (QED) is 0.799. The van der Waals surface area contributed by atoms with Crippen LogP contribution in [0.4, 0.5) is 4.39 Å². The zero-order valence-electron chi connectivity index (χ0n) is 10.2. The lowest BCUT2D eigenvalue weighted by Crippen LogP contribution is -2.24. The van der Waals surface area contributed by atoms with Gasteiger partial charge in [0.2, 0.25) is 0 Å². The standard InChI is InChI=1S/C14H19FOS/c1-2-11-5-3-7-13(9-11)17(16)14-8-4-6-12(15)10-14/h4,6,8,10-11,13H,2-3,5,7,9H2,1H3. The molecule has 3 atom stereocenters. The van der Waals surface area contributed by atoms with Crippen LogP contribution in [0.3, 0.4) is 0 Å². The summed E-state index contributed by atoms with van der Waals surface area (Å²) in [5.41, 5.74) is 0. The number of benzene rings is 1. The lowest BCUT2D eigenvalue weighted by atomic mass is 9.87. The van der Waals surface area contributed by atoms with Crippen LogP contribution in [-0.4, -0.2) is 9.46 Å². The summed E-state index contributed by atoms with van der Waals surface area (Å²) >= 11 is 0. The molecule has 1 aliphatic rings. The van der Waals surface area contributed by atoms with E-state index in [1.54, 1.807) is 12.1 Å². The van der Waals surface area contributed by atoms with Crippen molar-refractivity contribution in [2.45, 2.75) is 49.2 Å². The van der Waals surface area contributed by atoms with Crippen LogP contribution in [-0.2, 0) is 10.8 Å². The maximum Gasteiger partial charge on any atom is 0.124 e. The van der Waals surface area contributed by atoms with E-state index in [1.165, 1.54) is 18.6 Å². The molecule has 0 amide bonds. The maximum atomic E-state index is 13.1. The highest BCUT2D eigenvalue weighted by Crippen LogP contribution is 2.31. The number of rotatable bonds is 3. The third-order valence-electron chi connectivity index (χ3n) is 3.64. The SMILES string of the molecule is CCC1CCCC(S(=O)c2cccc(F)c2)C1. The first-order valence-corrected chi connectivity index (χ1v) is 7.58. The fraction of sp³-hybridized carbons (Fsp3) is 0.571. The minimum Gasteiger partial charge on any atom is -0.254 e. The van der Waals surface area contributed by atoms with E-state index in [0.717, 1.165) is 25.7 Å². The first-order valence-electron chi connectivity index (χ1n) is 6.37. The van der Waals surface area contributed by atoms with Crippen molar-refractivity contribution in [1.29, 1.82) is 0 Å². The van der Waals surface area contributed by atoms with Gasteiger partial charge in [-0.05, 0) is 37.0 Å². The number of hydrogen-bond acceptors (Lipinski definition) is 1. The van der Waals surface area contributed by atoms with Gasteiger partial charge in [-0.2, -0.15) is 0 Å². The molecule has 1 nitrogen and oxygen atoms in total. The predicted molar refractivity (Wildman–Crippen MR) is 68.8 cm³/mol. The molecule has 1 saturated carbocycles. The molecule has 0 bridgehead atoms. The Kier molecular flexibility index (Phi) is 4.32. The van der Waals surface area contributed by atoms with E-state index >= 15 is 0 Å². The molecule has 0 N–H and O–H groups in total. The van der Waals surface area contributed by atoms with Crippen LogP contribution < -0.4 is 0 Å². The Morgan fingerprint density at radius 1 is 1.41 bits per heavy atom. The molecular formula is C14H19FOS. The Hall–Kier alpha value is -0.700. The summed E-state index contributed by atoms with van der Waals surface area (Å²) < 4.78 is 25.5. The normalized spacial score (nSPS) is 26.7. The molecule has 1 aromatic rings. The van der Waals surface area contributed by atoms with Crippen LogP contribution in [0, 0.1) is 11.7 Å². The van der Waals surface area contributed by atoms with Gasteiger partial charge < -0.3 is 0 Å². The van der Waals surface area contributed by atoms with E-state index in [4.69, 9.17) is 0 Å². The highest BCUT2D eigenvalue weighted by molar-refractivity contribution is 7.85. The fourth-order valence-electron chi connectivity index (χ4n) is 2.59. The molecule has 0 saturated heterocycles. The Morgan fingerprint density at radius 2 is 2.24 bits per heavy atom. The molecule has 17 heavy (non-hydrogen) atoms. The summed E-state index contributed by atoms with van der Waals surface area (Å²) in [5.74, 6) is 0.407. The second-order valence-electron chi connectivity index (χ2n) is 4.82. The average Bonchev–Trinajstić information content (AvgIpc) is 2.38. The van der Waals surface area contributed by atoms with Gasteiger partial charge in [-0.25, -0.2) is 4.39 Å². The van der Waals surface area contributed by atoms with Crippen LogP contribution in [0.2, 0.25) is 0 Å². The van der Waals surface area contributed by atoms with Gasteiger partial charge in [0.25, 0.3) is 0 Å². The van der Waals surface area contributed by atoms with Gasteiger partial charge in [0.05, 0.1) is 10.8 Å². The molecule has 0 aromatic heterocycles. The monoisotopic (exact) mass is 254 g/mol. The first kappa shape index (κ1) is 12.7. The average molecular weight is 254 g/mol. The fourth-order valence-corrected chi connectivity index (χ4v) is 4.25. The van der Waals surface area contributed by atoms with Crippen molar-refractivity contribution in [2.24, 2.45) is 5.92 Å². The number of halogens is 1. The molecule has 94 valence electrons. The lowest BCUT2D eigenvalue weighted by Gasteiger charge is -2.27. The second kappa shape index (κ2) is 5.76. The Balaban J connectivity index is 2.09. The minimum atomic E-state index is -1.04. The second-order valence-corrected chi connectivity index (χ2v) is 6.55.